The second-order valence-electron chi connectivity index (χ2n) is 6.16. The second kappa shape index (κ2) is 6.20. The van der Waals surface area contributed by atoms with E-state index in [1.165, 1.54) is 6.42 Å². The van der Waals surface area contributed by atoms with Gasteiger partial charge in [0.15, 0.2) is 0 Å². The van der Waals surface area contributed by atoms with Crippen molar-refractivity contribution >= 4 is 5.91 Å². The first kappa shape index (κ1) is 14.6. The van der Waals surface area contributed by atoms with Crippen LogP contribution in [0.3, 0.4) is 0 Å². The molecule has 1 saturated heterocycles. The van der Waals surface area contributed by atoms with Gasteiger partial charge in [-0.2, -0.15) is 0 Å². The van der Waals surface area contributed by atoms with E-state index in [4.69, 9.17) is 9.15 Å². The number of carbonyl (C=O) groups is 1. The highest BCUT2D eigenvalue weighted by Crippen LogP contribution is 2.47. The topological polar surface area (TPSA) is 54.7 Å². The number of furan rings is 1. The molecule has 1 amide bonds. The molecule has 3 rings (SSSR count). The lowest BCUT2D eigenvalue weighted by molar-refractivity contribution is -0.137. The maximum absolute atomic E-state index is 12.3. The normalized spacial score (nSPS) is 26.7. The van der Waals surface area contributed by atoms with Crippen molar-refractivity contribution in [2.24, 2.45) is 5.92 Å². The smallest absolute Gasteiger partial charge is 0.239 e. The van der Waals surface area contributed by atoms with Gasteiger partial charge in [0.2, 0.25) is 5.91 Å². The van der Waals surface area contributed by atoms with Gasteiger partial charge in [-0.25, -0.2) is 0 Å². The van der Waals surface area contributed by atoms with Gasteiger partial charge in [0.1, 0.15) is 11.5 Å². The molecule has 5 heteroatoms. The fourth-order valence-electron chi connectivity index (χ4n) is 2.81. The van der Waals surface area contributed by atoms with Crippen LogP contribution in [0.2, 0.25) is 0 Å². The summed E-state index contributed by atoms with van der Waals surface area (Å²) in [5.41, 5.74) is 0. The minimum Gasteiger partial charge on any atom is -0.464 e. The zero-order chi connectivity index (χ0) is 14.8. The highest BCUT2D eigenvalue weighted by atomic mass is 16.5. The molecule has 1 aromatic rings. The van der Waals surface area contributed by atoms with Crippen LogP contribution in [-0.2, 0) is 16.1 Å². The van der Waals surface area contributed by atoms with Crippen LogP contribution in [0, 0.1) is 5.92 Å². The molecule has 1 aliphatic heterocycles. The second-order valence-corrected chi connectivity index (χ2v) is 6.16. The van der Waals surface area contributed by atoms with E-state index >= 15 is 0 Å². The molecule has 1 N–H and O–H groups in total. The number of nitrogens with zero attached hydrogens (tertiary/aromatic N) is 1. The van der Waals surface area contributed by atoms with Crippen molar-refractivity contribution in [3.63, 3.8) is 0 Å². The summed E-state index contributed by atoms with van der Waals surface area (Å²) in [4.78, 5) is 14.1. The minimum absolute atomic E-state index is 0.140. The molecule has 1 aliphatic carbocycles. The standard InChI is InChI=1S/C16H24N2O3/c1-11-9-14(11)15-4-3-13(21-15)10-17-12(2)16(19)18-5-7-20-8-6-18/h3-4,11-12,14,17H,5-10H2,1-2H3. The van der Waals surface area contributed by atoms with Gasteiger partial charge in [0.25, 0.3) is 0 Å². The number of morpholine rings is 1. The molecule has 0 bridgehead atoms. The third-order valence-corrected chi connectivity index (χ3v) is 4.43. The van der Waals surface area contributed by atoms with Crippen LogP contribution in [0.1, 0.15) is 37.7 Å². The van der Waals surface area contributed by atoms with Crippen LogP contribution in [0.4, 0.5) is 0 Å². The molecule has 0 spiro atoms. The van der Waals surface area contributed by atoms with Crippen molar-refractivity contribution in [3.8, 4) is 0 Å². The van der Waals surface area contributed by atoms with E-state index in [0.29, 0.717) is 38.8 Å². The molecule has 3 unspecified atom stereocenters. The van der Waals surface area contributed by atoms with Crippen molar-refractivity contribution in [1.29, 1.82) is 0 Å². The van der Waals surface area contributed by atoms with E-state index in [1.807, 2.05) is 17.9 Å². The highest BCUT2D eigenvalue weighted by molar-refractivity contribution is 5.81. The predicted molar refractivity (Wildman–Crippen MR) is 78.9 cm³/mol. The molecule has 2 fully saturated rings. The molecule has 21 heavy (non-hydrogen) atoms. The molecule has 1 aromatic heterocycles. The first-order chi connectivity index (χ1) is 10.1. The number of hydrogen-bond donors (Lipinski definition) is 1. The Kier molecular flexibility index (Phi) is 4.31. The van der Waals surface area contributed by atoms with Gasteiger partial charge in [-0.1, -0.05) is 6.92 Å². The molecule has 0 radical (unpaired) electrons. The molecule has 5 nitrogen and oxygen atoms in total. The van der Waals surface area contributed by atoms with Crippen molar-refractivity contribution in [2.75, 3.05) is 26.3 Å². The fourth-order valence-corrected chi connectivity index (χ4v) is 2.81. The maximum atomic E-state index is 12.3. The summed E-state index contributed by atoms with van der Waals surface area (Å²) in [7, 11) is 0. The summed E-state index contributed by atoms with van der Waals surface area (Å²) >= 11 is 0. The summed E-state index contributed by atoms with van der Waals surface area (Å²) in [6.07, 6.45) is 1.23. The molecule has 2 aliphatic rings. The molecule has 2 heterocycles. The fraction of sp³-hybridized carbons (Fsp3) is 0.688. The lowest BCUT2D eigenvalue weighted by Crippen LogP contribution is -2.49. The molecular formula is C16H24N2O3. The lowest BCUT2D eigenvalue weighted by atomic mass is 10.2. The Balaban J connectivity index is 1.47. The van der Waals surface area contributed by atoms with Gasteiger partial charge in [-0.15, -0.1) is 0 Å². The Morgan fingerprint density at radius 2 is 2.14 bits per heavy atom. The first-order valence-corrected chi connectivity index (χ1v) is 7.83. The SMILES string of the molecule is CC(NCc1ccc(C2CC2C)o1)C(=O)N1CCOCC1. The van der Waals surface area contributed by atoms with E-state index in [1.54, 1.807) is 0 Å². The van der Waals surface area contributed by atoms with Gasteiger partial charge in [-0.3, -0.25) is 10.1 Å². The zero-order valence-corrected chi connectivity index (χ0v) is 12.8. The highest BCUT2D eigenvalue weighted by Gasteiger charge is 2.36. The summed E-state index contributed by atoms with van der Waals surface area (Å²) in [5.74, 6) is 3.49. The monoisotopic (exact) mass is 292 g/mol. The van der Waals surface area contributed by atoms with E-state index in [0.717, 1.165) is 17.4 Å². The molecule has 1 saturated carbocycles. The predicted octanol–water partition coefficient (Wildman–Crippen LogP) is 1.74. The number of ether oxygens (including phenoxy) is 1. The van der Waals surface area contributed by atoms with Crippen LogP contribution < -0.4 is 5.32 Å². The van der Waals surface area contributed by atoms with Crippen molar-refractivity contribution in [2.45, 2.75) is 38.8 Å². The average Bonchev–Trinajstić information content (AvgIpc) is 3.06. The third kappa shape index (κ3) is 3.47. The minimum atomic E-state index is -0.198. The van der Waals surface area contributed by atoms with Crippen LogP contribution in [0.15, 0.2) is 16.5 Å². The Bertz CT molecular complexity index is 493. The van der Waals surface area contributed by atoms with E-state index in [9.17, 15) is 4.79 Å². The summed E-state index contributed by atoms with van der Waals surface area (Å²) < 4.78 is 11.1. The van der Waals surface area contributed by atoms with E-state index in [2.05, 4.69) is 18.3 Å². The summed E-state index contributed by atoms with van der Waals surface area (Å²) in [6, 6.07) is 3.88. The largest absolute Gasteiger partial charge is 0.464 e. The van der Waals surface area contributed by atoms with Crippen molar-refractivity contribution < 1.29 is 13.9 Å². The lowest BCUT2D eigenvalue weighted by Gasteiger charge is -2.29. The number of nitrogens with one attached hydrogen (secondary N) is 1. The van der Waals surface area contributed by atoms with E-state index < -0.39 is 0 Å². The van der Waals surface area contributed by atoms with Gasteiger partial charge in [0.05, 0.1) is 25.8 Å². The molecule has 116 valence electrons. The molecule has 0 aromatic carbocycles. The Morgan fingerprint density at radius 1 is 1.43 bits per heavy atom. The van der Waals surface area contributed by atoms with Crippen LogP contribution >= 0.6 is 0 Å². The van der Waals surface area contributed by atoms with Crippen molar-refractivity contribution in [3.05, 3.63) is 23.7 Å². The van der Waals surface area contributed by atoms with Crippen LogP contribution in [-0.4, -0.2) is 43.2 Å². The average molecular weight is 292 g/mol. The Hall–Kier alpha value is -1.33. The van der Waals surface area contributed by atoms with Gasteiger partial charge >= 0.3 is 0 Å². The Morgan fingerprint density at radius 3 is 2.81 bits per heavy atom. The van der Waals surface area contributed by atoms with E-state index in [-0.39, 0.29) is 11.9 Å². The van der Waals surface area contributed by atoms with Gasteiger partial charge < -0.3 is 14.1 Å². The summed E-state index contributed by atoms with van der Waals surface area (Å²) in [6.45, 7) is 7.40. The molecule has 3 atom stereocenters. The Labute approximate surface area is 125 Å². The summed E-state index contributed by atoms with van der Waals surface area (Å²) in [5, 5.41) is 3.25. The number of hydrogen-bond acceptors (Lipinski definition) is 4. The zero-order valence-electron chi connectivity index (χ0n) is 12.8. The quantitative estimate of drug-likeness (QED) is 0.898. The van der Waals surface area contributed by atoms with Crippen LogP contribution in [0.5, 0.6) is 0 Å². The maximum Gasteiger partial charge on any atom is 0.239 e. The first-order valence-electron chi connectivity index (χ1n) is 7.83. The van der Waals surface area contributed by atoms with Gasteiger partial charge in [-0.05, 0) is 31.4 Å². The molecular weight excluding hydrogens is 268 g/mol. The number of amides is 1. The number of carbonyl (C=O) groups excluding carboxylic acids is 1. The van der Waals surface area contributed by atoms with Gasteiger partial charge in [0, 0.05) is 19.0 Å². The third-order valence-electron chi connectivity index (χ3n) is 4.43. The number of rotatable bonds is 5. The van der Waals surface area contributed by atoms with Crippen LogP contribution in [0.25, 0.3) is 0 Å². The van der Waals surface area contributed by atoms with Crippen molar-refractivity contribution in [1.82, 2.24) is 10.2 Å².